The summed E-state index contributed by atoms with van der Waals surface area (Å²) >= 11 is 0. The average molecular weight is 1680 g/mol. The highest BCUT2D eigenvalue weighted by Gasteiger charge is 2.65. The molecular formula is C88H124N8O20S2. The van der Waals surface area contributed by atoms with Crippen molar-refractivity contribution in [1.82, 2.24) is 39.2 Å². The Morgan fingerprint density at radius 1 is 0.534 bits per heavy atom. The van der Waals surface area contributed by atoms with Crippen molar-refractivity contribution in [2.45, 2.75) is 269 Å². The Hall–Kier alpha value is -8.22. The second-order valence-corrected chi connectivity index (χ2v) is 42.1. The number of fused-ring (bicyclic) bond motifs is 6. The smallest absolute Gasteiger partial charge is 0.307 e. The van der Waals surface area contributed by atoms with E-state index in [1.807, 2.05) is 64.1 Å². The number of sulfonamides is 2. The Morgan fingerprint density at radius 3 is 1.22 bits per heavy atom. The predicted molar refractivity (Wildman–Crippen MR) is 442 cm³/mol. The second kappa shape index (κ2) is 35.8. The number of carbonyl (C=O) groups is 8. The predicted octanol–water partition coefficient (Wildman–Crippen LogP) is 12.1. The first kappa shape index (κ1) is 90.5. The van der Waals surface area contributed by atoms with E-state index in [9.17, 15) is 45.6 Å². The van der Waals surface area contributed by atoms with Crippen LogP contribution in [0.5, 0.6) is 23.3 Å². The Balaban J connectivity index is 0.000000231. The molecule has 0 unspecified atom stereocenters. The number of methoxy groups -OCH3 is 4. The maximum atomic E-state index is 15.2. The number of nitrogens with one attached hydrogen (secondary N) is 2. The highest BCUT2D eigenvalue weighted by atomic mass is 32.2. The molecule has 8 aliphatic rings. The third kappa shape index (κ3) is 21.0. The van der Waals surface area contributed by atoms with E-state index in [-0.39, 0.29) is 135 Å². The Bertz CT molecular complexity index is 4450. The molecule has 2 aromatic heterocycles. The highest BCUT2D eigenvalue weighted by Crippen LogP contribution is 2.59. The van der Waals surface area contributed by atoms with Crippen LogP contribution in [0.3, 0.4) is 0 Å². The van der Waals surface area contributed by atoms with E-state index in [1.165, 1.54) is 9.80 Å². The van der Waals surface area contributed by atoms with Crippen LogP contribution >= 0.6 is 0 Å². The first-order valence-electron chi connectivity index (χ1n) is 42.0. The summed E-state index contributed by atoms with van der Waals surface area (Å²) in [4.78, 5) is 138. The van der Waals surface area contributed by atoms with Gasteiger partial charge in [-0.15, -0.1) is 0 Å². The van der Waals surface area contributed by atoms with Crippen LogP contribution in [0.2, 0.25) is 0 Å². The Labute approximate surface area is 695 Å². The lowest BCUT2D eigenvalue weighted by atomic mass is 9.81. The maximum Gasteiger partial charge on any atom is 0.307 e. The average Bonchev–Trinajstić information content (AvgIpc) is 1.47. The lowest BCUT2D eigenvalue weighted by molar-refractivity contribution is -0.161. The third-order valence-electron chi connectivity index (χ3n) is 25.0. The minimum atomic E-state index is -3.98. The molecule has 0 bridgehead atoms. The highest BCUT2D eigenvalue weighted by molar-refractivity contribution is 7.92. The summed E-state index contributed by atoms with van der Waals surface area (Å²) in [6.45, 7) is 26.4. The number of nitrogens with zero attached hydrogens (tertiary/aromatic N) is 6. The number of hydrogen-bond donors (Lipinski definition) is 2. The molecule has 12 rings (SSSR count). The summed E-state index contributed by atoms with van der Waals surface area (Å²) in [6.07, 6.45) is 12.1. The van der Waals surface area contributed by atoms with Gasteiger partial charge in [0.25, 0.3) is 0 Å². The minimum absolute atomic E-state index is 0.0000604. The van der Waals surface area contributed by atoms with Crippen molar-refractivity contribution in [2.24, 2.45) is 58.2 Å². The topological polar surface area (TPSA) is 361 Å². The van der Waals surface area contributed by atoms with E-state index in [0.717, 1.165) is 12.8 Å². The van der Waals surface area contributed by atoms with Gasteiger partial charge in [-0.1, -0.05) is 65.8 Å². The number of benzene rings is 2. The fraction of sp³-hybridized carbons (Fsp3) is 0.682. The van der Waals surface area contributed by atoms with E-state index in [0.29, 0.717) is 109 Å². The summed E-state index contributed by atoms with van der Waals surface area (Å²) in [5.41, 5.74) is -0.552. The standard InChI is InChI=1S/2C44H62N4O10S/c2*1-26(2)38-39(46-34-19-30(56-9)14-15-33(34)45-38)57-31-20-35-36(49)23-44(41(52)47-59(53,54)43(7)16-17-43)22-29(44)13-11-10-12-27(3)18-28(25-55-8)32(40(51)48(35)24-31)21-37(50)58-42(4,5)6/h2*11,13-15,19,26-29,31-32,35H,10,12,16-18,20-25H2,1-9H3,(H,47,52)/b2*13-11-/t27-,28+,29-,31-,32+,35+,44-;27-,28-,29+,31+,32-,35-,44+/m10/s1. The van der Waals surface area contributed by atoms with Crippen LogP contribution in [0, 0.1) is 58.2 Å². The molecule has 4 aliphatic carbocycles. The summed E-state index contributed by atoms with van der Waals surface area (Å²) in [6, 6.07) is 8.71. The normalized spacial score (nSPS) is 29.2. The SMILES string of the molecule is COC[C@@H]1C[C@@H](C)CC/C=C\[C@@H]2C[C@@]2(C(=O)NS(=O)(=O)C2(C)CC2)CC(=O)[C@@H]2C[C@@H](Oc3nc4cc(OC)ccc4nc3C(C)C)CN2C(=O)[C@H]1CC(=O)OC(C)(C)C.COC[C@@H]1C[C@H](C)CC/C=C\[C@@H]2C[C@@]2(C(=O)NS(=O)(=O)C2(C)CC2)CC(=O)[C@@H]2C[C@@H](Oc3nc4cc(OC)ccc4nc3C(C)C)CN2C(=O)[C@H]1CC(=O)OC(C)(C)C. The van der Waals surface area contributed by atoms with Gasteiger partial charge >= 0.3 is 11.9 Å². The minimum Gasteiger partial charge on any atom is -0.497 e. The molecule has 6 fully saturated rings. The molecule has 648 valence electrons. The molecule has 2 N–H and O–H groups in total. The molecule has 2 aromatic carbocycles. The third-order valence-corrected chi connectivity index (χ3v) is 29.3. The molecule has 4 amide bonds. The van der Waals surface area contributed by atoms with Gasteiger partial charge in [0.2, 0.25) is 55.4 Å². The van der Waals surface area contributed by atoms with Gasteiger partial charge in [-0.3, -0.25) is 47.8 Å². The molecule has 4 saturated carbocycles. The molecule has 0 radical (unpaired) electrons. The van der Waals surface area contributed by atoms with Gasteiger partial charge in [-0.2, -0.15) is 0 Å². The first-order chi connectivity index (χ1) is 55.4. The van der Waals surface area contributed by atoms with Crippen molar-refractivity contribution < 1.29 is 93.1 Å². The lowest BCUT2D eigenvalue weighted by Crippen LogP contribution is -2.48. The Morgan fingerprint density at radius 2 is 0.898 bits per heavy atom. The fourth-order valence-corrected chi connectivity index (χ4v) is 19.9. The molecule has 30 heteroatoms. The van der Waals surface area contributed by atoms with Gasteiger partial charge in [0.1, 0.15) is 46.3 Å². The van der Waals surface area contributed by atoms with E-state index >= 15 is 9.59 Å². The van der Waals surface area contributed by atoms with Crippen LogP contribution in [0.1, 0.15) is 236 Å². The first-order valence-corrected chi connectivity index (χ1v) is 44.9. The largest absolute Gasteiger partial charge is 0.497 e. The zero-order chi connectivity index (χ0) is 86.2. The van der Waals surface area contributed by atoms with Gasteiger partial charge in [0.05, 0.1) is 106 Å². The van der Waals surface area contributed by atoms with Crippen molar-refractivity contribution in [3.63, 3.8) is 0 Å². The zero-order valence-electron chi connectivity index (χ0n) is 72.1. The van der Waals surface area contributed by atoms with Crippen LogP contribution in [-0.2, 0) is 77.4 Å². The molecule has 14 atom stereocenters. The van der Waals surface area contributed by atoms with Gasteiger partial charge < -0.3 is 47.7 Å². The number of allylic oxidation sites excluding steroid dienone is 4. The summed E-state index contributed by atoms with van der Waals surface area (Å²) in [5.74, 6) is -5.47. The van der Waals surface area contributed by atoms with Gasteiger partial charge in [0, 0.05) is 77.1 Å². The number of hydrogen-bond acceptors (Lipinski definition) is 24. The van der Waals surface area contributed by atoms with Crippen LogP contribution in [0.4, 0.5) is 0 Å². The molecule has 6 heterocycles. The number of ether oxygens (including phenoxy) is 8. The monoisotopic (exact) mass is 1680 g/mol. The number of amides is 4. The summed E-state index contributed by atoms with van der Waals surface area (Å²) < 4.78 is 103. The van der Waals surface area contributed by atoms with Crippen LogP contribution in [0.25, 0.3) is 22.1 Å². The van der Waals surface area contributed by atoms with E-state index < -0.39 is 123 Å². The molecule has 118 heavy (non-hydrogen) atoms. The quantitative estimate of drug-likeness (QED) is 0.0545. The van der Waals surface area contributed by atoms with Crippen molar-refractivity contribution in [1.29, 1.82) is 0 Å². The number of rotatable bonds is 22. The van der Waals surface area contributed by atoms with E-state index in [4.69, 9.17) is 57.8 Å². The molecule has 4 aromatic rings. The van der Waals surface area contributed by atoms with Crippen molar-refractivity contribution >= 4 is 89.2 Å². The van der Waals surface area contributed by atoms with Gasteiger partial charge in [-0.05, 0) is 192 Å². The zero-order valence-corrected chi connectivity index (χ0v) is 73.7. The number of Topliss-reactive ketones (excluding diaryl/α,β-unsaturated/α-hetero) is 2. The van der Waals surface area contributed by atoms with E-state index in [1.54, 1.807) is 108 Å². The number of ketones is 2. The van der Waals surface area contributed by atoms with Crippen LogP contribution in [-0.4, -0.2) is 193 Å². The number of aromatic nitrogens is 4. The second-order valence-electron chi connectivity index (χ2n) is 37.7. The number of carbonyl (C=O) groups excluding carboxylic acids is 8. The number of esters is 2. The van der Waals surface area contributed by atoms with Crippen molar-refractivity contribution in [2.75, 3.05) is 54.7 Å². The molecular weight excluding hydrogens is 1550 g/mol. The molecule has 28 nitrogen and oxygen atoms in total. The van der Waals surface area contributed by atoms with Crippen LogP contribution in [0.15, 0.2) is 60.7 Å². The summed E-state index contributed by atoms with van der Waals surface area (Å²) in [5, 5.41) is 0. The molecule has 0 spiro atoms. The Kier molecular flexibility index (Phi) is 27.5. The van der Waals surface area contributed by atoms with Crippen molar-refractivity contribution in [3.05, 3.63) is 72.1 Å². The lowest BCUT2D eigenvalue weighted by Gasteiger charge is -2.33. The van der Waals surface area contributed by atoms with E-state index in [2.05, 4.69) is 23.3 Å². The van der Waals surface area contributed by atoms with Crippen molar-refractivity contribution in [3.8, 4) is 23.3 Å². The van der Waals surface area contributed by atoms with Gasteiger partial charge in [-0.25, -0.2) is 36.8 Å². The molecule has 2 saturated heterocycles. The fourth-order valence-electron chi connectivity index (χ4n) is 17.3. The summed E-state index contributed by atoms with van der Waals surface area (Å²) in [7, 11) is -1.69. The van der Waals surface area contributed by atoms with Gasteiger partial charge in [0.15, 0.2) is 11.6 Å². The molecule has 4 aliphatic heterocycles. The van der Waals surface area contributed by atoms with Crippen LogP contribution < -0.4 is 28.4 Å². The maximum absolute atomic E-state index is 15.2.